The fourth-order valence-corrected chi connectivity index (χ4v) is 3.71. The van der Waals surface area contributed by atoms with Crippen molar-refractivity contribution in [2.45, 2.75) is 44.6 Å². The third-order valence-corrected chi connectivity index (χ3v) is 5.02. The van der Waals surface area contributed by atoms with Crippen molar-refractivity contribution in [1.29, 1.82) is 0 Å². The molecule has 0 radical (unpaired) electrons. The van der Waals surface area contributed by atoms with E-state index < -0.39 is 0 Å². The van der Waals surface area contributed by atoms with Gasteiger partial charge in [0.05, 0.1) is 0 Å². The van der Waals surface area contributed by atoms with E-state index in [4.69, 9.17) is 0 Å². The highest BCUT2D eigenvalue weighted by atomic mass is 15.1. The lowest BCUT2D eigenvalue weighted by atomic mass is 9.85. The normalized spacial score (nSPS) is 39.3. The highest BCUT2D eigenvalue weighted by molar-refractivity contribution is 5.36. The summed E-state index contributed by atoms with van der Waals surface area (Å²) in [6.45, 7) is 1.22. The van der Waals surface area contributed by atoms with Crippen LogP contribution in [-0.2, 0) is 0 Å². The van der Waals surface area contributed by atoms with Crippen LogP contribution >= 0.6 is 0 Å². The Kier molecular flexibility index (Phi) is 3.23. The molecule has 3 unspecified atom stereocenters. The second kappa shape index (κ2) is 4.73. The minimum Gasteiger partial charge on any atom is -0.378 e. The average Bonchev–Trinajstić information content (AvgIpc) is 3.02. The Bertz CT molecular complexity index is 361. The summed E-state index contributed by atoms with van der Waals surface area (Å²) in [4.78, 5) is 2.23. The zero-order valence-electron chi connectivity index (χ0n) is 11.8. The van der Waals surface area contributed by atoms with E-state index in [1.54, 1.807) is 0 Å². The Balaban J connectivity index is 1.70. The molecule has 0 bridgehead atoms. The zero-order valence-corrected chi connectivity index (χ0v) is 11.8. The SMILES string of the molecule is CN(C)C1=CC2CC2(C2CCCCCCN2)C=C1. The minimum atomic E-state index is 0.469. The molecule has 1 heterocycles. The summed E-state index contributed by atoms with van der Waals surface area (Å²) in [6.07, 6.45) is 15.7. The Morgan fingerprint density at radius 1 is 1.22 bits per heavy atom. The van der Waals surface area contributed by atoms with Crippen LogP contribution in [0.15, 0.2) is 23.9 Å². The van der Waals surface area contributed by atoms with E-state index in [1.807, 2.05) is 0 Å². The van der Waals surface area contributed by atoms with Crippen molar-refractivity contribution in [2.24, 2.45) is 11.3 Å². The number of allylic oxidation sites excluding steroid dienone is 2. The number of fused-ring (bicyclic) bond motifs is 1. The smallest absolute Gasteiger partial charge is 0.0320 e. The number of rotatable bonds is 2. The van der Waals surface area contributed by atoms with Gasteiger partial charge in [-0.05, 0) is 37.8 Å². The lowest BCUT2D eigenvalue weighted by Gasteiger charge is -2.31. The van der Waals surface area contributed by atoms with Crippen LogP contribution in [0.5, 0.6) is 0 Å². The number of nitrogens with one attached hydrogen (secondary N) is 1. The minimum absolute atomic E-state index is 0.469. The van der Waals surface area contributed by atoms with E-state index in [-0.39, 0.29) is 0 Å². The molecule has 2 heteroatoms. The Hall–Kier alpha value is -0.760. The van der Waals surface area contributed by atoms with Gasteiger partial charge in [-0.1, -0.05) is 31.4 Å². The van der Waals surface area contributed by atoms with Gasteiger partial charge in [-0.3, -0.25) is 0 Å². The largest absolute Gasteiger partial charge is 0.378 e. The van der Waals surface area contributed by atoms with Gasteiger partial charge in [0.25, 0.3) is 0 Å². The summed E-state index contributed by atoms with van der Waals surface area (Å²) in [5.74, 6) is 0.789. The maximum atomic E-state index is 3.82. The maximum absolute atomic E-state index is 3.82. The van der Waals surface area contributed by atoms with Gasteiger partial charge in [-0.25, -0.2) is 0 Å². The predicted octanol–water partition coefficient (Wildman–Crippen LogP) is 2.93. The number of hydrogen-bond donors (Lipinski definition) is 1. The Labute approximate surface area is 111 Å². The van der Waals surface area contributed by atoms with E-state index in [2.05, 4.69) is 42.5 Å². The van der Waals surface area contributed by atoms with Crippen LogP contribution < -0.4 is 5.32 Å². The monoisotopic (exact) mass is 246 g/mol. The molecular formula is C16H26N2. The van der Waals surface area contributed by atoms with Gasteiger partial charge in [-0.2, -0.15) is 0 Å². The molecule has 0 amide bonds. The van der Waals surface area contributed by atoms with E-state index in [0.29, 0.717) is 5.41 Å². The molecule has 2 nitrogen and oxygen atoms in total. The number of hydrogen-bond acceptors (Lipinski definition) is 2. The average molecular weight is 246 g/mol. The van der Waals surface area contributed by atoms with Gasteiger partial charge >= 0.3 is 0 Å². The predicted molar refractivity (Wildman–Crippen MR) is 76.3 cm³/mol. The van der Waals surface area contributed by atoms with Crippen molar-refractivity contribution < 1.29 is 0 Å². The molecule has 1 N–H and O–H groups in total. The Morgan fingerprint density at radius 3 is 2.83 bits per heavy atom. The molecule has 0 aromatic heterocycles. The van der Waals surface area contributed by atoms with Crippen molar-refractivity contribution in [3.63, 3.8) is 0 Å². The first-order valence-corrected chi connectivity index (χ1v) is 7.54. The molecule has 2 fully saturated rings. The van der Waals surface area contributed by atoms with Crippen molar-refractivity contribution >= 4 is 0 Å². The van der Waals surface area contributed by atoms with Gasteiger partial charge in [0, 0.05) is 31.2 Å². The topological polar surface area (TPSA) is 15.3 Å². The van der Waals surface area contributed by atoms with Gasteiger partial charge in [0.2, 0.25) is 0 Å². The van der Waals surface area contributed by atoms with Gasteiger partial charge in [0.15, 0.2) is 0 Å². The van der Waals surface area contributed by atoms with Crippen molar-refractivity contribution in [3.8, 4) is 0 Å². The molecule has 2 aliphatic carbocycles. The van der Waals surface area contributed by atoms with Gasteiger partial charge in [-0.15, -0.1) is 0 Å². The van der Waals surface area contributed by atoms with E-state index in [0.717, 1.165) is 12.0 Å². The van der Waals surface area contributed by atoms with E-state index in [1.165, 1.54) is 50.8 Å². The standard InChI is InChI=1S/C16H26N2/c1-18(2)14-8-9-16(12-13(16)11-14)15-7-5-3-4-6-10-17-15/h8-9,11,13,15,17H,3-7,10,12H2,1-2H3. The molecule has 1 saturated carbocycles. The van der Waals surface area contributed by atoms with Gasteiger partial charge in [0.1, 0.15) is 0 Å². The maximum Gasteiger partial charge on any atom is 0.0320 e. The highest BCUT2D eigenvalue weighted by Crippen LogP contribution is 2.60. The fraction of sp³-hybridized carbons (Fsp3) is 0.750. The van der Waals surface area contributed by atoms with Crippen molar-refractivity contribution in [2.75, 3.05) is 20.6 Å². The summed E-state index contributed by atoms with van der Waals surface area (Å²) < 4.78 is 0. The third-order valence-electron chi connectivity index (χ3n) is 5.02. The van der Waals surface area contributed by atoms with Crippen molar-refractivity contribution in [3.05, 3.63) is 23.9 Å². The number of nitrogens with zero attached hydrogens (tertiary/aromatic N) is 1. The molecule has 3 rings (SSSR count). The molecule has 1 aliphatic heterocycles. The highest BCUT2D eigenvalue weighted by Gasteiger charge is 2.56. The molecule has 0 aromatic rings. The van der Waals surface area contributed by atoms with Crippen LogP contribution in [0.4, 0.5) is 0 Å². The summed E-state index contributed by atoms with van der Waals surface area (Å²) in [5, 5.41) is 3.82. The van der Waals surface area contributed by atoms with Crippen LogP contribution in [0, 0.1) is 11.3 Å². The van der Waals surface area contributed by atoms with Crippen LogP contribution in [0.2, 0.25) is 0 Å². The number of likely N-dealkylation sites (N-methyl/N-ethyl adjacent to an activating group) is 1. The van der Waals surface area contributed by atoms with Crippen LogP contribution in [0.1, 0.15) is 38.5 Å². The molecular weight excluding hydrogens is 220 g/mol. The van der Waals surface area contributed by atoms with Crippen LogP contribution in [0.3, 0.4) is 0 Å². The molecule has 18 heavy (non-hydrogen) atoms. The van der Waals surface area contributed by atoms with Crippen LogP contribution in [-0.4, -0.2) is 31.6 Å². The molecule has 3 aliphatic rings. The van der Waals surface area contributed by atoms with Crippen LogP contribution in [0.25, 0.3) is 0 Å². The Morgan fingerprint density at radius 2 is 2.06 bits per heavy atom. The first-order valence-electron chi connectivity index (χ1n) is 7.54. The summed E-state index contributed by atoms with van der Waals surface area (Å²) >= 11 is 0. The molecule has 0 aromatic carbocycles. The van der Waals surface area contributed by atoms with Crippen molar-refractivity contribution in [1.82, 2.24) is 10.2 Å². The first kappa shape index (κ1) is 12.3. The summed E-state index contributed by atoms with van der Waals surface area (Å²) in [5.41, 5.74) is 1.86. The second-order valence-electron chi connectivity index (χ2n) is 6.45. The summed E-state index contributed by atoms with van der Waals surface area (Å²) in [6, 6.07) is 0.721. The molecule has 1 saturated heterocycles. The summed E-state index contributed by atoms with van der Waals surface area (Å²) in [7, 11) is 4.28. The second-order valence-corrected chi connectivity index (χ2v) is 6.45. The zero-order chi connectivity index (χ0) is 12.6. The molecule has 100 valence electrons. The first-order chi connectivity index (χ1) is 8.72. The van der Waals surface area contributed by atoms with E-state index in [9.17, 15) is 0 Å². The molecule has 3 atom stereocenters. The molecule has 0 spiro atoms. The van der Waals surface area contributed by atoms with E-state index >= 15 is 0 Å². The quantitative estimate of drug-likeness (QED) is 0.806. The van der Waals surface area contributed by atoms with Gasteiger partial charge < -0.3 is 10.2 Å². The lowest BCUT2D eigenvalue weighted by Crippen LogP contribution is -2.39. The third kappa shape index (κ3) is 2.11. The fourth-order valence-electron chi connectivity index (χ4n) is 3.71. The lowest BCUT2D eigenvalue weighted by molar-refractivity contribution is 0.322.